The van der Waals surface area contributed by atoms with E-state index in [1.807, 2.05) is 0 Å². The summed E-state index contributed by atoms with van der Waals surface area (Å²) in [5.41, 5.74) is -11.7. The van der Waals surface area contributed by atoms with E-state index in [1.165, 1.54) is 0 Å². The van der Waals surface area contributed by atoms with E-state index < -0.39 is 244 Å². The van der Waals surface area contributed by atoms with E-state index in [1.54, 1.807) is 0 Å². The Morgan fingerprint density at radius 3 is 1.35 bits per heavy atom. The van der Waals surface area contributed by atoms with Crippen molar-refractivity contribution in [3.8, 4) is 126 Å². The number of carbonyl (C=O) groups excluding carboxylic acids is 4. The smallest absolute Gasteiger partial charge is 0.339 e. The Hall–Kier alpha value is -10.5. The number of hydrogen-bond donors (Lipinski definition) is 19. The van der Waals surface area contributed by atoms with Crippen LogP contribution in [0.4, 0.5) is 0 Å². The molecule has 0 fully saturated rings. The molecule has 0 saturated heterocycles. The topological polar surface area (TPSA) is 499 Å². The maximum atomic E-state index is 14.8. The number of fused-ring (bicyclic) bond motifs is 8. The molecular formula is C49H36O28. The highest BCUT2D eigenvalue weighted by Crippen LogP contribution is 2.62. The maximum Gasteiger partial charge on any atom is 0.339 e. The standard InChI is InChI=1S/C49H36O28/c50-14-7-15(51)26(42-10(14)3-21(57)41(74-42)9-1-16(52)31(59)17(53)2-9)29-28-30-27(38(66)40(68)39(28)67)25-13(6-20(56)34(62)37(25)65)48(71)77-45(44(29)76-49(30)72)43-22(58)8-73-46(69)11-4-18(54)32(60)35(63)23(11)24-12(47(70)75-43)5-19(55)33(61)36(24)64/h1-2,4-7,21-22,29,41,43-45,50-68H,3,8H2/t21-,22+,29-,41-,43+,44+,45-/m0/s1. The first kappa shape index (κ1) is 50.1. The Balaban J connectivity index is 1.28. The molecule has 7 atom stereocenters. The highest BCUT2D eigenvalue weighted by atomic mass is 16.6. The van der Waals surface area contributed by atoms with Crippen LogP contribution in [0.25, 0.3) is 22.3 Å². The van der Waals surface area contributed by atoms with Crippen LogP contribution in [0.5, 0.6) is 103 Å². The van der Waals surface area contributed by atoms with Crippen molar-refractivity contribution in [1.29, 1.82) is 0 Å². The van der Waals surface area contributed by atoms with Gasteiger partial charge in [-0.05, 0) is 30.3 Å². The summed E-state index contributed by atoms with van der Waals surface area (Å²) in [5.74, 6) is -32.7. The SMILES string of the molecule is O=C1OC[C@@H](O)[C@H]([C@@H]2OC(=O)c3cc(O)c(O)c(O)c3-c3c(O)c(O)c(O)c4c3C(=O)O[C@@H]2[C@H]4c2c(O)cc(O)c3c2O[C@@H](c2cc(O)c(O)c(O)c2)[C@@H](O)C3)OC(=O)c2cc(O)c(O)c(O)c2-c2c1cc(O)c(O)c2O. The predicted octanol–water partition coefficient (Wildman–Crippen LogP) is 2.02. The minimum Gasteiger partial charge on any atom is -0.507 e. The largest absolute Gasteiger partial charge is 0.507 e. The number of phenolic OH excluding ortho intramolecular Hbond substituents is 17. The summed E-state index contributed by atoms with van der Waals surface area (Å²) in [6, 6.07) is 3.44. The summed E-state index contributed by atoms with van der Waals surface area (Å²) in [4.78, 5) is 58.4. The van der Waals surface area contributed by atoms with Gasteiger partial charge in [0.2, 0.25) is 23.0 Å². The van der Waals surface area contributed by atoms with Gasteiger partial charge in [-0.15, -0.1) is 0 Å². The number of phenols is 17. The van der Waals surface area contributed by atoms with Crippen molar-refractivity contribution >= 4 is 23.9 Å². The van der Waals surface area contributed by atoms with Gasteiger partial charge < -0.3 is 121 Å². The molecule has 400 valence electrons. The van der Waals surface area contributed by atoms with E-state index in [4.69, 9.17) is 23.7 Å². The van der Waals surface area contributed by atoms with Crippen LogP contribution in [0, 0.1) is 0 Å². The number of aliphatic hydroxyl groups excluding tert-OH is 2. The van der Waals surface area contributed by atoms with Gasteiger partial charge in [-0.25, -0.2) is 19.2 Å². The Morgan fingerprint density at radius 1 is 0.364 bits per heavy atom. The zero-order valence-corrected chi connectivity index (χ0v) is 38.1. The Kier molecular flexibility index (Phi) is 11.3. The molecule has 0 saturated carbocycles. The summed E-state index contributed by atoms with van der Waals surface area (Å²) in [6.45, 7) is -1.46. The molecule has 0 unspecified atom stereocenters. The van der Waals surface area contributed by atoms with Gasteiger partial charge in [-0.3, -0.25) is 0 Å². The van der Waals surface area contributed by atoms with Crippen LogP contribution < -0.4 is 4.74 Å². The van der Waals surface area contributed by atoms with Gasteiger partial charge in [0.25, 0.3) is 0 Å². The van der Waals surface area contributed by atoms with Crippen molar-refractivity contribution in [2.45, 2.75) is 49.0 Å². The fourth-order valence-electron chi connectivity index (χ4n) is 9.96. The molecule has 2 bridgehead atoms. The Bertz CT molecular complexity index is 3640. The molecular weight excluding hydrogens is 1040 g/mol. The maximum absolute atomic E-state index is 14.8. The van der Waals surface area contributed by atoms with Gasteiger partial charge >= 0.3 is 23.9 Å². The van der Waals surface area contributed by atoms with E-state index in [2.05, 4.69) is 0 Å². The van der Waals surface area contributed by atoms with Crippen LogP contribution in [-0.4, -0.2) is 158 Å². The number of esters is 4. The predicted molar refractivity (Wildman–Crippen MR) is 244 cm³/mol. The fourth-order valence-corrected chi connectivity index (χ4v) is 9.96. The molecule has 0 aromatic heterocycles. The molecule has 0 radical (unpaired) electrons. The van der Waals surface area contributed by atoms with Gasteiger partial charge in [0, 0.05) is 57.0 Å². The van der Waals surface area contributed by atoms with Crippen LogP contribution in [0.1, 0.15) is 75.7 Å². The molecule has 77 heavy (non-hydrogen) atoms. The number of aliphatic hydroxyl groups is 2. The third-order valence-electron chi connectivity index (χ3n) is 13.5. The summed E-state index contributed by atoms with van der Waals surface area (Å²) >= 11 is 0. The highest BCUT2D eigenvalue weighted by molar-refractivity contribution is 6.11. The second-order valence-electron chi connectivity index (χ2n) is 17.9. The second-order valence-corrected chi connectivity index (χ2v) is 17.9. The van der Waals surface area contributed by atoms with Crippen LogP contribution in [0.3, 0.4) is 0 Å². The zero-order valence-electron chi connectivity index (χ0n) is 38.1. The number of ether oxygens (including phenoxy) is 5. The minimum atomic E-state index is -2.81. The van der Waals surface area contributed by atoms with E-state index in [0.717, 1.165) is 12.1 Å². The average Bonchev–Trinajstić information content (AvgIpc) is 3.47. The van der Waals surface area contributed by atoms with E-state index in [-0.39, 0.29) is 5.56 Å². The summed E-state index contributed by atoms with van der Waals surface area (Å²) < 4.78 is 29.0. The van der Waals surface area contributed by atoms with E-state index in [0.29, 0.717) is 24.3 Å². The lowest BCUT2D eigenvalue weighted by Crippen LogP contribution is -2.55. The van der Waals surface area contributed by atoms with Crippen LogP contribution in [0.15, 0.2) is 36.4 Å². The van der Waals surface area contributed by atoms with Gasteiger partial charge in [0.15, 0.2) is 87.7 Å². The average molecular weight is 1070 g/mol. The third-order valence-corrected chi connectivity index (χ3v) is 13.5. The van der Waals surface area contributed by atoms with E-state index in [9.17, 15) is 116 Å². The molecule has 0 amide bonds. The Morgan fingerprint density at radius 2 is 0.818 bits per heavy atom. The summed E-state index contributed by atoms with van der Waals surface area (Å²) in [6.07, 6.45) is -15.1. The summed E-state index contributed by atoms with van der Waals surface area (Å²) in [5, 5.41) is 211. The number of benzene rings is 6. The molecule has 4 heterocycles. The lowest BCUT2D eigenvalue weighted by atomic mass is 9.73. The van der Waals surface area contributed by atoms with Crippen molar-refractivity contribution < 1.29 is 140 Å². The molecule has 28 heteroatoms. The van der Waals surface area contributed by atoms with Gasteiger partial charge in [-0.1, -0.05) is 0 Å². The molecule has 4 aliphatic heterocycles. The Labute approximate surface area is 425 Å². The monoisotopic (exact) mass is 1070 g/mol. The first-order valence-corrected chi connectivity index (χ1v) is 22.1. The quantitative estimate of drug-likeness (QED) is 0.0685. The van der Waals surface area contributed by atoms with Crippen molar-refractivity contribution in [3.05, 3.63) is 80.9 Å². The third kappa shape index (κ3) is 7.28. The lowest BCUT2D eigenvalue weighted by molar-refractivity contribution is -0.133. The number of aromatic hydroxyl groups is 17. The highest BCUT2D eigenvalue weighted by Gasteiger charge is 2.56. The fraction of sp³-hybridized carbons (Fsp3) is 0.184. The second kappa shape index (κ2) is 17.3. The first-order chi connectivity index (χ1) is 36.2. The van der Waals surface area contributed by atoms with Crippen LogP contribution in [0.2, 0.25) is 0 Å². The van der Waals surface area contributed by atoms with Crippen molar-refractivity contribution in [2.75, 3.05) is 6.61 Å². The molecule has 19 N–H and O–H groups in total. The number of carbonyl (C=O) groups is 4. The molecule has 6 aromatic carbocycles. The zero-order chi connectivity index (χ0) is 55.9. The molecule has 6 aromatic rings. The molecule has 4 aliphatic rings. The van der Waals surface area contributed by atoms with Crippen LogP contribution in [-0.2, 0) is 25.4 Å². The van der Waals surface area contributed by atoms with Gasteiger partial charge in [-0.2, -0.15) is 0 Å². The van der Waals surface area contributed by atoms with Crippen molar-refractivity contribution in [2.24, 2.45) is 0 Å². The number of cyclic esters (lactones) is 3. The van der Waals surface area contributed by atoms with Gasteiger partial charge in [0.1, 0.15) is 30.0 Å². The molecule has 0 aliphatic carbocycles. The molecule has 10 rings (SSSR count). The molecule has 28 nitrogen and oxygen atoms in total. The summed E-state index contributed by atoms with van der Waals surface area (Å²) in [7, 11) is 0. The van der Waals surface area contributed by atoms with Crippen LogP contribution >= 0.6 is 0 Å². The lowest BCUT2D eigenvalue weighted by Gasteiger charge is -2.43. The van der Waals surface area contributed by atoms with Gasteiger partial charge in [0.05, 0.1) is 34.3 Å². The van der Waals surface area contributed by atoms with E-state index >= 15 is 0 Å². The molecule has 0 spiro atoms. The first-order valence-electron chi connectivity index (χ1n) is 22.1. The number of hydrogen-bond acceptors (Lipinski definition) is 28. The normalized spacial score (nSPS) is 21.6. The van der Waals surface area contributed by atoms with Crippen molar-refractivity contribution in [1.82, 2.24) is 0 Å². The van der Waals surface area contributed by atoms with Crippen molar-refractivity contribution in [3.63, 3.8) is 0 Å². The number of rotatable bonds is 3. The minimum absolute atomic E-state index is 0.311.